The summed E-state index contributed by atoms with van der Waals surface area (Å²) in [7, 11) is 0. The van der Waals surface area contributed by atoms with Gasteiger partial charge < -0.3 is 21.3 Å². The lowest BCUT2D eigenvalue weighted by Gasteiger charge is -2.19. The van der Waals surface area contributed by atoms with Gasteiger partial charge in [0, 0.05) is 22.7 Å². The Morgan fingerprint density at radius 1 is 0.545 bits per heavy atom. The Balaban J connectivity index is 1.31. The summed E-state index contributed by atoms with van der Waals surface area (Å²) in [5, 5.41) is 27.0. The number of anilines is 4. The molecule has 4 unspecified atom stereocenters. The number of para-hydroxylation sites is 2. The summed E-state index contributed by atoms with van der Waals surface area (Å²) in [6, 6.07) is 22.9. The van der Waals surface area contributed by atoms with Crippen LogP contribution in [0, 0.1) is 0 Å². The quantitative estimate of drug-likeness (QED) is 0.0382. The van der Waals surface area contributed by atoms with Crippen molar-refractivity contribution in [3.05, 3.63) is 140 Å². The minimum Gasteiger partial charge on any atom is -0.324 e. The second kappa shape index (κ2) is 23.2. The maximum absolute atomic E-state index is 13.7. The first-order valence-electron chi connectivity index (χ1n) is 20.7. The van der Waals surface area contributed by atoms with Crippen molar-refractivity contribution in [1.29, 1.82) is 0 Å². The molecule has 0 spiro atoms. The molecule has 342 valence electrons. The first kappa shape index (κ1) is 50.7. The van der Waals surface area contributed by atoms with Gasteiger partial charge in [0.05, 0.1) is 43.3 Å². The van der Waals surface area contributed by atoms with E-state index in [1.807, 2.05) is 13.8 Å². The Hall–Kier alpha value is -6.32. The number of azo groups is 2. The van der Waals surface area contributed by atoms with Crippen molar-refractivity contribution in [3.63, 3.8) is 0 Å². The molecule has 66 heavy (non-hydrogen) atoms. The minimum atomic E-state index is -1.56. The SMILES string of the molecule is CCc1cc(NC(=O)C(N=Nc2ccc(Cl)c(C(=O)Nc3ccccc3C(C)Cl)c2)C(C)=O)cc(CC)c1NC(=O)C(N=Nc1ccc(Cl)c(C(=O)Nc2ccccc2C(C)Cl)c1)C(C)=O. The molecule has 0 saturated carbocycles. The van der Waals surface area contributed by atoms with Crippen molar-refractivity contribution in [3.8, 4) is 0 Å². The lowest BCUT2D eigenvalue weighted by Crippen LogP contribution is -2.33. The van der Waals surface area contributed by atoms with Crippen LogP contribution in [0.25, 0.3) is 0 Å². The van der Waals surface area contributed by atoms with Gasteiger partial charge in [-0.2, -0.15) is 20.5 Å². The molecule has 18 heteroatoms. The molecule has 14 nitrogen and oxygen atoms in total. The maximum Gasteiger partial charge on any atom is 0.258 e. The van der Waals surface area contributed by atoms with Gasteiger partial charge in [0.2, 0.25) is 12.1 Å². The van der Waals surface area contributed by atoms with Crippen molar-refractivity contribution >= 4 is 116 Å². The number of hydrogen-bond acceptors (Lipinski definition) is 10. The van der Waals surface area contributed by atoms with Crippen molar-refractivity contribution in [1.82, 2.24) is 0 Å². The number of nitrogens with zero attached hydrogens (tertiary/aromatic N) is 4. The van der Waals surface area contributed by atoms with Gasteiger partial charge in [-0.15, -0.1) is 23.2 Å². The van der Waals surface area contributed by atoms with E-state index in [4.69, 9.17) is 46.4 Å². The summed E-state index contributed by atoms with van der Waals surface area (Å²) in [6.45, 7) is 9.64. The van der Waals surface area contributed by atoms with Crippen LogP contribution in [0.1, 0.15) is 95.3 Å². The molecule has 0 bridgehead atoms. The molecule has 5 aromatic carbocycles. The second-order valence-electron chi connectivity index (χ2n) is 15.0. The Labute approximate surface area is 402 Å². The standard InChI is InChI=1S/C48H46Cl4N8O6/c1-7-29-21-33(53-47(65)42(27(5)61)59-57-31-17-19-38(51)36(23-31)45(63)54-40-15-11-9-13-34(40)25(3)49)22-30(8-2)44(29)56-48(66)43(28(6)62)60-58-32-18-20-39(52)37(24-32)46(64)55-41-16-12-10-14-35(41)26(4)50/h9-26,42-43H,7-8H2,1-6H3,(H,53,65)(H,54,63)(H,55,64)(H,56,66). The monoisotopic (exact) mass is 970 g/mol. The highest BCUT2D eigenvalue weighted by Crippen LogP contribution is 2.32. The van der Waals surface area contributed by atoms with Gasteiger partial charge in [-0.25, -0.2) is 0 Å². The van der Waals surface area contributed by atoms with E-state index in [2.05, 4.69) is 41.7 Å². The number of carbonyl (C=O) groups is 6. The third-order valence-corrected chi connectivity index (χ3v) is 11.2. The number of benzene rings is 5. The second-order valence-corrected chi connectivity index (χ2v) is 17.1. The van der Waals surface area contributed by atoms with Gasteiger partial charge in [-0.05, 0) is 123 Å². The Morgan fingerprint density at radius 2 is 0.939 bits per heavy atom. The predicted molar refractivity (Wildman–Crippen MR) is 261 cm³/mol. The summed E-state index contributed by atoms with van der Waals surface area (Å²) in [6.07, 6.45) is 0.780. The number of alkyl halides is 2. The summed E-state index contributed by atoms with van der Waals surface area (Å²) < 4.78 is 0. The van der Waals surface area contributed by atoms with E-state index >= 15 is 0 Å². The fraction of sp³-hybridized carbons (Fsp3) is 0.250. The highest BCUT2D eigenvalue weighted by atomic mass is 35.5. The molecule has 0 saturated heterocycles. The molecule has 4 amide bonds. The lowest BCUT2D eigenvalue weighted by molar-refractivity contribution is -0.127. The zero-order valence-corrected chi connectivity index (χ0v) is 39.7. The molecule has 0 aromatic heterocycles. The van der Waals surface area contributed by atoms with Crippen LogP contribution < -0.4 is 21.3 Å². The fourth-order valence-electron chi connectivity index (χ4n) is 6.64. The van der Waals surface area contributed by atoms with Crippen LogP contribution in [0.2, 0.25) is 10.0 Å². The molecule has 0 aliphatic rings. The number of hydrogen-bond donors (Lipinski definition) is 4. The molecular formula is C48H46Cl4N8O6. The average Bonchev–Trinajstić information content (AvgIpc) is 3.27. The van der Waals surface area contributed by atoms with Crippen molar-refractivity contribution in [2.75, 3.05) is 21.3 Å². The molecule has 0 aliphatic carbocycles. The summed E-state index contributed by atoms with van der Waals surface area (Å²) in [5.74, 6) is -3.80. The van der Waals surface area contributed by atoms with Gasteiger partial charge in [-0.3, -0.25) is 28.8 Å². The third kappa shape index (κ3) is 12.9. The highest BCUT2D eigenvalue weighted by Gasteiger charge is 2.27. The Kier molecular flexibility index (Phi) is 17.8. The molecule has 0 radical (unpaired) electrons. The van der Waals surface area contributed by atoms with E-state index in [0.29, 0.717) is 57.8 Å². The van der Waals surface area contributed by atoms with Crippen molar-refractivity contribution < 1.29 is 28.8 Å². The topological polar surface area (TPSA) is 200 Å². The molecule has 4 N–H and O–H groups in total. The number of ketones is 2. The summed E-state index contributed by atoms with van der Waals surface area (Å²) in [4.78, 5) is 79.3. The van der Waals surface area contributed by atoms with Crippen LogP contribution in [0.5, 0.6) is 0 Å². The minimum absolute atomic E-state index is 0.0792. The maximum atomic E-state index is 13.7. The van der Waals surface area contributed by atoms with Crippen LogP contribution in [0.3, 0.4) is 0 Å². The molecule has 5 rings (SSSR count). The molecule has 4 atom stereocenters. The Morgan fingerprint density at radius 3 is 1.32 bits per heavy atom. The van der Waals surface area contributed by atoms with E-state index in [9.17, 15) is 28.8 Å². The molecule has 0 heterocycles. The van der Waals surface area contributed by atoms with E-state index in [1.54, 1.807) is 74.5 Å². The first-order valence-corrected chi connectivity index (χ1v) is 22.3. The summed E-state index contributed by atoms with van der Waals surface area (Å²) in [5.41, 5.74) is 4.85. The average molecular weight is 973 g/mol. The van der Waals surface area contributed by atoms with Gasteiger partial charge in [0.15, 0.2) is 11.6 Å². The number of rotatable bonds is 18. The third-order valence-electron chi connectivity index (χ3n) is 10.1. The van der Waals surface area contributed by atoms with Gasteiger partial charge in [0.1, 0.15) is 0 Å². The van der Waals surface area contributed by atoms with Crippen molar-refractivity contribution in [2.24, 2.45) is 20.5 Å². The Bertz CT molecular complexity index is 2720. The number of amides is 4. The van der Waals surface area contributed by atoms with E-state index in [-0.39, 0.29) is 43.3 Å². The zero-order chi connectivity index (χ0) is 48.2. The predicted octanol–water partition coefficient (Wildman–Crippen LogP) is 12.6. The number of carbonyl (C=O) groups excluding carboxylic acids is 6. The number of halogens is 4. The fourth-order valence-corrected chi connectivity index (χ4v) is 7.43. The van der Waals surface area contributed by atoms with Gasteiger partial charge in [-0.1, -0.05) is 73.4 Å². The normalized spacial score (nSPS) is 13.1. The molecule has 0 fully saturated rings. The van der Waals surface area contributed by atoms with Gasteiger partial charge >= 0.3 is 0 Å². The van der Waals surface area contributed by atoms with Crippen molar-refractivity contribution in [2.45, 2.75) is 77.2 Å². The first-order chi connectivity index (χ1) is 31.4. The largest absolute Gasteiger partial charge is 0.324 e. The van der Waals surface area contributed by atoms with Crippen LogP contribution >= 0.6 is 46.4 Å². The smallest absolute Gasteiger partial charge is 0.258 e. The molecule has 5 aromatic rings. The van der Waals surface area contributed by atoms with Crippen LogP contribution in [0.15, 0.2) is 118 Å². The van der Waals surface area contributed by atoms with E-state index < -0.39 is 47.3 Å². The lowest BCUT2D eigenvalue weighted by atomic mass is 10.0. The molecule has 0 aliphatic heterocycles. The van der Waals surface area contributed by atoms with Crippen LogP contribution in [-0.4, -0.2) is 47.3 Å². The molecular weight excluding hydrogens is 926 g/mol. The number of nitrogens with one attached hydrogen (secondary N) is 4. The van der Waals surface area contributed by atoms with Crippen LogP contribution in [0.4, 0.5) is 34.1 Å². The zero-order valence-electron chi connectivity index (χ0n) is 36.7. The number of Topliss-reactive ketones (excluding diaryl/α,β-unsaturated/α-hetero) is 2. The highest BCUT2D eigenvalue weighted by molar-refractivity contribution is 6.35. The van der Waals surface area contributed by atoms with Crippen LogP contribution in [-0.2, 0) is 32.0 Å². The van der Waals surface area contributed by atoms with E-state index in [0.717, 1.165) is 0 Å². The number of aryl methyl sites for hydroxylation is 2. The van der Waals surface area contributed by atoms with Gasteiger partial charge in [0.25, 0.3) is 23.6 Å². The summed E-state index contributed by atoms with van der Waals surface area (Å²) >= 11 is 25.3. The van der Waals surface area contributed by atoms with E-state index in [1.165, 1.54) is 50.2 Å².